The van der Waals surface area contributed by atoms with Crippen molar-refractivity contribution in [3.05, 3.63) is 0 Å². The molecule has 0 aromatic carbocycles. The van der Waals surface area contributed by atoms with E-state index in [0.29, 0.717) is 6.61 Å². The maximum atomic E-state index is 8.76. The van der Waals surface area contributed by atoms with Crippen LogP contribution in [0.4, 0.5) is 0 Å². The second kappa shape index (κ2) is 7.27. The van der Waals surface area contributed by atoms with E-state index in [-0.39, 0.29) is 18.8 Å². The fourth-order valence-electron chi connectivity index (χ4n) is 0.517. The predicted molar refractivity (Wildman–Crippen MR) is 53.7 cm³/mol. The van der Waals surface area contributed by atoms with Crippen molar-refractivity contribution >= 4 is 22.9 Å². The zero-order valence-electron chi connectivity index (χ0n) is 7.01. The van der Waals surface area contributed by atoms with Crippen molar-refractivity contribution in [2.24, 2.45) is 0 Å². The molecule has 0 aliphatic heterocycles. The van der Waals surface area contributed by atoms with Gasteiger partial charge in [0.1, 0.15) is 0 Å². The summed E-state index contributed by atoms with van der Waals surface area (Å²) in [5.41, 5.74) is 0. The van der Waals surface area contributed by atoms with Crippen LogP contribution in [0.3, 0.4) is 0 Å². The lowest BCUT2D eigenvalue weighted by Crippen LogP contribution is -2.31. The Morgan fingerprint density at radius 3 is 2.64 bits per heavy atom. The van der Waals surface area contributed by atoms with Crippen LogP contribution in [0.5, 0.6) is 0 Å². The molecule has 0 bridgehead atoms. The van der Waals surface area contributed by atoms with Gasteiger partial charge in [0, 0.05) is 22.9 Å². The number of aliphatic hydroxyl groups excluding tert-OH is 1. The van der Waals surface area contributed by atoms with Crippen LogP contribution in [0, 0.1) is 0 Å². The van der Waals surface area contributed by atoms with Crippen LogP contribution >= 0.6 is 22.9 Å². The van der Waals surface area contributed by atoms with Crippen molar-refractivity contribution < 1.29 is 9.84 Å². The summed E-state index contributed by atoms with van der Waals surface area (Å²) < 4.78 is 8.33. The first-order chi connectivity index (χ1) is 5.24. The summed E-state index contributed by atoms with van der Waals surface area (Å²) in [5.74, 6) is 0. The van der Waals surface area contributed by atoms with Gasteiger partial charge in [0.2, 0.25) is 0 Å². The average molecular weight is 273 g/mol. The minimum atomic E-state index is 0.0598. The molecule has 0 saturated carbocycles. The Bertz CT molecular complexity index is 88.5. The van der Waals surface area contributed by atoms with Crippen molar-refractivity contribution in [3.63, 3.8) is 0 Å². The van der Waals surface area contributed by atoms with Crippen LogP contribution in [-0.2, 0) is 4.74 Å². The molecule has 0 aromatic heterocycles. The molecule has 2 atom stereocenters. The van der Waals surface area contributed by atoms with Gasteiger partial charge < -0.3 is 9.84 Å². The molecule has 3 nitrogen and oxygen atoms in total. The predicted octanol–water partition coefficient (Wildman–Crippen LogP) is 1.10. The lowest BCUT2D eigenvalue weighted by molar-refractivity contribution is 0.0417. The molecule has 0 spiro atoms. The van der Waals surface area contributed by atoms with E-state index in [1.54, 1.807) is 0 Å². The topological polar surface area (TPSA) is 41.5 Å². The summed E-state index contributed by atoms with van der Waals surface area (Å²) in [6, 6.07) is 0.0598. The SMILES string of the molecule is CCC(C)OCC(CO)NI. The highest BCUT2D eigenvalue weighted by Gasteiger charge is 2.06. The Kier molecular flexibility index (Phi) is 7.67. The first-order valence-corrected chi connectivity index (χ1v) is 4.91. The summed E-state index contributed by atoms with van der Waals surface area (Å²) in [6.07, 6.45) is 1.30. The highest BCUT2D eigenvalue weighted by molar-refractivity contribution is 14.1. The van der Waals surface area contributed by atoms with Gasteiger partial charge in [-0.25, -0.2) is 0 Å². The maximum Gasteiger partial charge on any atom is 0.0653 e. The largest absolute Gasteiger partial charge is 0.395 e. The summed E-state index contributed by atoms with van der Waals surface area (Å²) in [4.78, 5) is 0. The molecule has 0 aromatic rings. The monoisotopic (exact) mass is 273 g/mol. The molecule has 0 aliphatic rings. The number of aliphatic hydroxyl groups is 1. The Labute approximate surface area is 82.0 Å². The first-order valence-electron chi connectivity index (χ1n) is 3.83. The van der Waals surface area contributed by atoms with Crippen molar-refractivity contribution in [1.82, 2.24) is 3.53 Å². The van der Waals surface area contributed by atoms with Crippen LogP contribution in [0.15, 0.2) is 0 Å². The molecule has 0 amide bonds. The minimum Gasteiger partial charge on any atom is -0.395 e. The van der Waals surface area contributed by atoms with Gasteiger partial charge in [0.15, 0.2) is 0 Å². The van der Waals surface area contributed by atoms with Crippen LogP contribution in [0.1, 0.15) is 20.3 Å². The summed E-state index contributed by atoms with van der Waals surface area (Å²) in [7, 11) is 0. The van der Waals surface area contributed by atoms with E-state index in [2.05, 4.69) is 10.5 Å². The van der Waals surface area contributed by atoms with E-state index in [9.17, 15) is 0 Å². The molecular formula is C7H16INO2. The number of hydrogen-bond acceptors (Lipinski definition) is 3. The molecule has 2 N–H and O–H groups in total. The highest BCUT2D eigenvalue weighted by Crippen LogP contribution is 1.97. The number of halogens is 1. The molecule has 0 radical (unpaired) electrons. The van der Waals surface area contributed by atoms with E-state index in [0.717, 1.165) is 6.42 Å². The highest BCUT2D eigenvalue weighted by atomic mass is 127. The second-order valence-electron chi connectivity index (χ2n) is 2.54. The summed E-state index contributed by atoms with van der Waals surface area (Å²) in [6.45, 7) is 4.81. The van der Waals surface area contributed by atoms with Gasteiger partial charge in [0.05, 0.1) is 25.4 Å². The van der Waals surface area contributed by atoms with Gasteiger partial charge in [-0.1, -0.05) is 6.92 Å². The molecule has 68 valence electrons. The number of nitrogens with one attached hydrogen (secondary N) is 1. The van der Waals surface area contributed by atoms with Gasteiger partial charge in [-0.2, -0.15) is 0 Å². The van der Waals surface area contributed by atoms with Gasteiger partial charge in [0.25, 0.3) is 0 Å². The third kappa shape index (κ3) is 5.84. The quantitative estimate of drug-likeness (QED) is 0.562. The van der Waals surface area contributed by atoms with Crippen molar-refractivity contribution in [2.75, 3.05) is 13.2 Å². The smallest absolute Gasteiger partial charge is 0.0653 e. The standard InChI is InChI=1S/C7H16INO2/c1-3-6(2)11-5-7(4-10)9-8/h6-7,9-10H,3-5H2,1-2H3. The Hall–Kier alpha value is 0.610. The molecule has 11 heavy (non-hydrogen) atoms. The summed E-state index contributed by atoms with van der Waals surface area (Å²) in [5, 5.41) is 8.76. The number of rotatable bonds is 6. The lowest BCUT2D eigenvalue weighted by Gasteiger charge is -2.15. The Morgan fingerprint density at radius 2 is 2.27 bits per heavy atom. The van der Waals surface area contributed by atoms with Gasteiger partial charge in [-0.15, -0.1) is 0 Å². The number of hydrogen-bond donors (Lipinski definition) is 2. The molecule has 4 heteroatoms. The van der Waals surface area contributed by atoms with Crippen LogP contribution in [0.2, 0.25) is 0 Å². The van der Waals surface area contributed by atoms with Crippen molar-refractivity contribution in [1.29, 1.82) is 0 Å². The van der Waals surface area contributed by atoms with Gasteiger partial charge >= 0.3 is 0 Å². The number of ether oxygens (including phenoxy) is 1. The van der Waals surface area contributed by atoms with E-state index < -0.39 is 0 Å². The molecule has 0 aliphatic carbocycles. The Morgan fingerprint density at radius 1 is 1.64 bits per heavy atom. The van der Waals surface area contributed by atoms with Crippen LogP contribution < -0.4 is 3.53 Å². The van der Waals surface area contributed by atoms with Gasteiger partial charge in [-0.05, 0) is 13.3 Å². The van der Waals surface area contributed by atoms with Gasteiger partial charge in [-0.3, -0.25) is 3.53 Å². The van der Waals surface area contributed by atoms with E-state index >= 15 is 0 Å². The molecular weight excluding hydrogens is 257 g/mol. The Balaban J connectivity index is 3.34. The average Bonchev–Trinajstić information content (AvgIpc) is 2.06. The van der Waals surface area contributed by atoms with E-state index in [4.69, 9.17) is 9.84 Å². The molecule has 0 saturated heterocycles. The van der Waals surface area contributed by atoms with Crippen molar-refractivity contribution in [2.45, 2.75) is 32.4 Å². The van der Waals surface area contributed by atoms with Crippen LogP contribution in [-0.4, -0.2) is 30.5 Å². The van der Waals surface area contributed by atoms with E-state index in [1.165, 1.54) is 0 Å². The zero-order valence-corrected chi connectivity index (χ0v) is 9.17. The fraction of sp³-hybridized carbons (Fsp3) is 1.00. The third-order valence-electron chi connectivity index (χ3n) is 1.53. The normalized spacial score (nSPS) is 16.4. The molecule has 0 rings (SSSR count). The zero-order chi connectivity index (χ0) is 8.69. The van der Waals surface area contributed by atoms with Crippen molar-refractivity contribution in [3.8, 4) is 0 Å². The molecule has 0 heterocycles. The van der Waals surface area contributed by atoms with Crippen LogP contribution in [0.25, 0.3) is 0 Å². The third-order valence-corrected chi connectivity index (χ3v) is 2.41. The lowest BCUT2D eigenvalue weighted by atomic mass is 10.3. The molecule has 0 fully saturated rings. The second-order valence-corrected chi connectivity index (χ2v) is 3.16. The fourth-order valence-corrected chi connectivity index (χ4v) is 0.894. The summed E-state index contributed by atoms with van der Waals surface area (Å²) >= 11 is 2.02. The minimum absolute atomic E-state index is 0.0598. The first kappa shape index (κ1) is 11.6. The van der Waals surface area contributed by atoms with E-state index in [1.807, 2.05) is 29.8 Å². The maximum absolute atomic E-state index is 8.76. The molecule has 2 unspecified atom stereocenters.